The van der Waals surface area contributed by atoms with Gasteiger partial charge in [-0.3, -0.25) is 0 Å². The number of nitrogens with zero attached hydrogens (tertiary/aromatic N) is 2. The number of hydrogen-bond donors (Lipinski definition) is 0. The average molecular weight is 300 g/mol. The van der Waals surface area contributed by atoms with Gasteiger partial charge in [-0.15, -0.1) is 0 Å². The minimum atomic E-state index is -0.301. The van der Waals surface area contributed by atoms with E-state index in [-0.39, 0.29) is 5.97 Å². The van der Waals surface area contributed by atoms with E-state index >= 15 is 0 Å². The smallest absolute Gasteiger partial charge is 0.337 e. The van der Waals surface area contributed by atoms with E-state index in [2.05, 4.69) is 5.16 Å². The molecule has 1 aromatic heterocycles. The minimum Gasteiger partial charge on any atom is -0.465 e. The van der Waals surface area contributed by atoms with E-state index < -0.39 is 0 Å². The Balaban J connectivity index is 1.78. The first-order chi connectivity index (χ1) is 10.6. The van der Waals surface area contributed by atoms with Crippen molar-refractivity contribution in [2.75, 3.05) is 26.1 Å². The van der Waals surface area contributed by atoms with E-state index in [0.29, 0.717) is 11.5 Å². The highest BCUT2D eigenvalue weighted by Crippen LogP contribution is 2.36. The van der Waals surface area contributed by atoms with Gasteiger partial charge in [0, 0.05) is 26.1 Å². The SMILES string of the molecule is COC(=O)c1ccc(C2CCc3c(noc3N(C)C)C2)cc1. The Bertz CT molecular complexity index is 674. The highest BCUT2D eigenvalue weighted by molar-refractivity contribution is 5.89. The van der Waals surface area contributed by atoms with E-state index in [4.69, 9.17) is 9.26 Å². The zero-order valence-corrected chi connectivity index (χ0v) is 13.1. The molecular formula is C17H20N2O3. The number of fused-ring (bicyclic) bond motifs is 1. The van der Waals surface area contributed by atoms with Gasteiger partial charge in [0.2, 0.25) is 5.88 Å². The Morgan fingerprint density at radius 1 is 1.32 bits per heavy atom. The standard InChI is InChI=1S/C17H20N2O3/c1-19(2)16-14-9-8-13(10-15(14)18-22-16)11-4-6-12(7-5-11)17(20)21-3/h4-7,13H,8-10H2,1-3H3. The first-order valence-electron chi connectivity index (χ1n) is 7.43. The number of esters is 1. The zero-order valence-electron chi connectivity index (χ0n) is 13.1. The fraction of sp³-hybridized carbons (Fsp3) is 0.412. The molecule has 2 aromatic rings. The van der Waals surface area contributed by atoms with E-state index in [0.717, 1.165) is 30.8 Å². The fourth-order valence-corrected chi connectivity index (χ4v) is 3.04. The summed E-state index contributed by atoms with van der Waals surface area (Å²) in [6, 6.07) is 7.67. The van der Waals surface area contributed by atoms with Crippen LogP contribution in [0, 0.1) is 0 Å². The van der Waals surface area contributed by atoms with Gasteiger partial charge in [-0.2, -0.15) is 0 Å². The maximum atomic E-state index is 11.5. The van der Waals surface area contributed by atoms with E-state index in [1.54, 1.807) is 0 Å². The molecule has 0 saturated heterocycles. The van der Waals surface area contributed by atoms with E-state index in [1.807, 2.05) is 43.3 Å². The van der Waals surface area contributed by atoms with Gasteiger partial charge in [0.1, 0.15) is 0 Å². The molecule has 5 nitrogen and oxygen atoms in total. The number of ether oxygens (including phenoxy) is 1. The summed E-state index contributed by atoms with van der Waals surface area (Å²) in [6.45, 7) is 0. The van der Waals surface area contributed by atoms with Gasteiger partial charge in [-0.1, -0.05) is 17.3 Å². The van der Waals surface area contributed by atoms with E-state index in [9.17, 15) is 4.79 Å². The van der Waals surface area contributed by atoms with Crippen LogP contribution >= 0.6 is 0 Å². The van der Waals surface area contributed by atoms with Crippen molar-refractivity contribution in [1.29, 1.82) is 0 Å². The molecule has 0 N–H and O–H groups in total. The average Bonchev–Trinajstić information content (AvgIpc) is 2.97. The van der Waals surface area contributed by atoms with Crippen LogP contribution in [-0.2, 0) is 17.6 Å². The number of benzene rings is 1. The molecule has 116 valence electrons. The normalized spacial score (nSPS) is 17.0. The van der Waals surface area contributed by atoms with Crippen molar-refractivity contribution in [3.8, 4) is 0 Å². The van der Waals surface area contributed by atoms with Gasteiger partial charge >= 0.3 is 5.97 Å². The molecule has 0 radical (unpaired) electrons. The van der Waals surface area contributed by atoms with Crippen molar-refractivity contribution in [2.45, 2.75) is 25.2 Å². The molecule has 3 rings (SSSR count). The number of rotatable bonds is 3. The van der Waals surface area contributed by atoms with Crippen LogP contribution in [0.4, 0.5) is 5.88 Å². The van der Waals surface area contributed by atoms with Gasteiger partial charge < -0.3 is 14.2 Å². The fourth-order valence-electron chi connectivity index (χ4n) is 3.04. The second-order valence-corrected chi connectivity index (χ2v) is 5.86. The van der Waals surface area contributed by atoms with Crippen LogP contribution in [0.3, 0.4) is 0 Å². The van der Waals surface area contributed by atoms with Crippen LogP contribution in [0.15, 0.2) is 28.8 Å². The van der Waals surface area contributed by atoms with Gasteiger partial charge in [-0.25, -0.2) is 4.79 Å². The van der Waals surface area contributed by atoms with Crippen LogP contribution in [0.2, 0.25) is 0 Å². The van der Waals surface area contributed by atoms with Gasteiger partial charge in [0.05, 0.1) is 18.4 Å². The summed E-state index contributed by atoms with van der Waals surface area (Å²) in [5, 5.41) is 4.22. The second-order valence-electron chi connectivity index (χ2n) is 5.86. The van der Waals surface area contributed by atoms with Crippen LogP contribution in [0.5, 0.6) is 0 Å². The van der Waals surface area contributed by atoms with Crippen LogP contribution < -0.4 is 4.90 Å². The lowest BCUT2D eigenvalue weighted by Gasteiger charge is -2.22. The van der Waals surface area contributed by atoms with Crippen molar-refractivity contribution < 1.29 is 14.1 Å². The first kappa shape index (κ1) is 14.6. The molecule has 0 aliphatic heterocycles. The maximum absolute atomic E-state index is 11.5. The van der Waals surface area contributed by atoms with Gasteiger partial charge in [0.25, 0.3) is 0 Å². The van der Waals surface area contributed by atoms with Crippen LogP contribution in [0.25, 0.3) is 0 Å². The summed E-state index contributed by atoms with van der Waals surface area (Å²) < 4.78 is 10.2. The topological polar surface area (TPSA) is 55.6 Å². The molecule has 1 atom stereocenters. The molecule has 1 unspecified atom stereocenters. The molecule has 1 aliphatic rings. The summed E-state index contributed by atoms with van der Waals surface area (Å²) in [5.74, 6) is 0.985. The number of carbonyl (C=O) groups excluding carboxylic acids is 1. The number of aromatic nitrogens is 1. The Hall–Kier alpha value is -2.30. The zero-order chi connectivity index (χ0) is 15.7. The van der Waals surface area contributed by atoms with Gasteiger partial charge in [-0.05, 0) is 36.5 Å². The third-order valence-corrected chi connectivity index (χ3v) is 4.24. The third-order valence-electron chi connectivity index (χ3n) is 4.24. The van der Waals surface area contributed by atoms with Crippen molar-refractivity contribution in [1.82, 2.24) is 5.16 Å². The van der Waals surface area contributed by atoms with Crippen molar-refractivity contribution >= 4 is 11.9 Å². The summed E-state index contributed by atoms with van der Waals surface area (Å²) >= 11 is 0. The van der Waals surface area contributed by atoms with Crippen molar-refractivity contribution in [3.05, 3.63) is 46.6 Å². The summed E-state index contributed by atoms with van der Waals surface area (Å²) in [6.07, 6.45) is 2.91. The monoisotopic (exact) mass is 300 g/mol. The quantitative estimate of drug-likeness (QED) is 0.816. The molecule has 1 heterocycles. The lowest BCUT2D eigenvalue weighted by atomic mass is 9.83. The Morgan fingerprint density at radius 3 is 2.68 bits per heavy atom. The predicted molar refractivity (Wildman–Crippen MR) is 83.4 cm³/mol. The van der Waals surface area contributed by atoms with Crippen LogP contribution in [-0.4, -0.2) is 32.3 Å². The number of anilines is 1. The lowest BCUT2D eigenvalue weighted by Crippen LogP contribution is -2.15. The maximum Gasteiger partial charge on any atom is 0.337 e. The highest BCUT2D eigenvalue weighted by Gasteiger charge is 2.27. The number of carbonyl (C=O) groups is 1. The minimum absolute atomic E-state index is 0.301. The largest absolute Gasteiger partial charge is 0.465 e. The molecule has 0 fully saturated rings. The van der Waals surface area contributed by atoms with E-state index in [1.165, 1.54) is 18.2 Å². The second kappa shape index (κ2) is 5.83. The molecule has 0 bridgehead atoms. The Kier molecular flexibility index (Phi) is 3.88. The lowest BCUT2D eigenvalue weighted by molar-refractivity contribution is 0.0600. The Morgan fingerprint density at radius 2 is 2.05 bits per heavy atom. The Labute approximate surface area is 129 Å². The molecular weight excluding hydrogens is 280 g/mol. The third kappa shape index (κ3) is 2.58. The van der Waals surface area contributed by atoms with Crippen LogP contribution in [0.1, 0.15) is 39.5 Å². The summed E-state index contributed by atoms with van der Waals surface area (Å²) in [5.41, 5.74) is 4.09. The molecule has 1 aromatic carbocycles. The van der Waals surface area contributed by atoms with Crippen molar-refractivity contribution in [3.63, 3.8) is 0 Å². The molecule has 0 amide bonds. The summed E-state index contributed by atoms with van der Waals surface area (Å²) in [7, 11) is 5.34. The van der Waals surface area contributed by atoms with Crippen molar-refractivity contribution in [2.24, 2.45) is 0 Å². The predicted octanol–water partition coefficient (Wildman–Crippen LogP) is 2.80. The summed E-state index contributed by atoms with van der Waals surface area (Å²) in [4.78, 5) is 13.5. The number of hydrogen-bond acceptors (Lipinski definition) is 5. The number of methoxy groups -OCH3 is 1. The molecule has 22 heavy (non-hydrogen) atoms. The molecule has 5 heteroatoms. The first-order valence-corrected chi connectivity index (χ1v) is 7.43. The highest BCUT2D eigenvalue weighted by atomic mass is 16.5. The molecule has 0 saturated carbocycles. The molecule has 1 aliphatic carbocycles. The van der Waals surface area contributed by atoms with Gasteiger partial charge in [0.15, 0.2) is 0 Å². The molecule has 0 spiro atoms.